The van der Waals surface area contributed by atoms with E-state index in [1.807, 2.05) is 32.9 Å². The van der Waals surface area contributed by atoms with Crippen molar-refractivity contribution in [1.82, 2.24) is 10.3 Å². The Morgan fingerprint density at radius 1 is 1.04 bits per heavy atom. The molecule has 1 heterocycles. The Balaban J connectivity index is 2.10. The lowest BCUT2D eigenvalue weighted by Crippen LogP contribution is -2.36. The average molecular weight is 340 g/mol. The summed E-state index contributed by atoms with van der Waals surface area (Å²) < 4.78 is 0. The van der Waals surface area contributed by atoms with Gasteiger partial charge in [-0.05, 0) is 42.7 Å². The van der Waals surface area contributed by atoms with Gasteiger partial charge in [0.25, 0.3) is 0 Å². The Labute approximate surface area is 148 Å². The van der Waals surface area contributed by atoms with Crippen molar-refractivity contribution in [2.45, 2.75) is 33.7 Å². The molecule has 2 aromatic rings. The van der Waals surface area contributed by atoms with E-state index in [1.165, 1.54) is 6.92 Å². The van der Waals surface area contributed by atoms with Crippen LogP contribution in [0, 0.1) is 12.8 Å². The third kappa shape index (κ3) is 5.31. The number of amides is 3. The number of carbonyl (C=O) groups excluding carboxylic acids is 2. The van der Waals surface area contributed by atoms with Gasteiger partial charge in [-0.2, -0.15) is 0 Å². The molecule has 25 heavy (non-hydrogen) atoms. The predicted molar refractivity (Wildman–Crippen MR) is 99.5 cm³/mol. The van der Waals surface area contributed by atoms with Gasteiger partial charge in [0.2, 0.25) is 5.91 Å². The lowest BCUT2D eigenvalue weighted by Gasteiger charge is -2.23. The summed E-state index contributed by atoms with van der Waals surface area (Å²) in [5.41, 5.74) is 3.13. The van der Waals surface area contributed by atoms with Gasteiger partial charge in [0.15, 0.2) is 0 Å². The first-order valence-electron chi connectivity index (χ1n) is 8.23. The molecule has 0 spiro atoms. The highest BCUT2D eigenvalue weighted by Gasteiger charge is 2.21. The Kier molecular flexibility index (Phi) is 6.11. The molecule has 0 aliphatic carbocycles. The third-order valence-electron chi connectivity index (χ3n) is 3.74. The molecule has 6 nitrogen and oxygen atoms in total. The molecule has 0 bridgehead atoms. The van der Waals surface area contributed by atoms with Gasteiger partial charge >= 0.3 is 6.03 Å². The van der Waals surface area contributed by atoms with Crippen LogP contribution < -0.4 is 16.0 Å². The smallest absolute Gasteiger partial charge is 0.319 e. The van der Waals surface area contributed by atoms with Crippen LogP contribution in [0.3, 0.4) is 0 Å². The number of carbonyl (C=O) groups is 2. The number of benzene rings is 1. The third-order valence-corrected chi connectivity index (χ3v) is 3.74. The number of anilines is 2. The van der Waals surface area contributed by atoms with E-state index in [0.717, 1.165) is 11.3 Å². The zero-order chi connectivity index (χ0) is 18.4. The summed E-state index contributed by atoms with van der Waals surface area (Å²) in [6.07, 6.45) is 1.73. The van der Waals surface area contributed by atoms with E-state index in [0.29, 0.717) is 11.4 Å². The van der Waals surface area contributed by atoms with E-state index in [1.54, 1.807) is 30.5 Å². The maximum absolute atomic E-state index is 12.4. The molecule has 6 heteroatoms. The summed E-state index contributed by atoms with van der Waals surface area (Å²) in [5, 5.41) is 8.47. The number of hydrogen-bond acceptors (Lipinski definition) is 3. The topological polar surface area (TPSA) is 83.1 Å². The van der Waals surface area contributed by atoms with Gasteiger partial charge < -0.3 is 16.0 Å². The van der Waals surface area contributed by atoms with Crippen LogP contribution in [0.25, 0.3) is 0 Å². The van der Waals surface area contributed by atoms with Crippen molar-refractivity contribution in [3.63, 3.8) is 0 Å². The van der Waals surface area contributed by atoms with E-state index >= 15 is 0 Å². The second-order valence-electron chi connectivity index (χ2n) is 6.29. The molecule has 0 aliphatic rings. The summed E-state index contributed by atoms with van der Waals surface area (Å²) >= 11 is 0. The number of nitrogens with zero attached hydrogens (tertiary/aromatic N) is 1. The maximum atomic E-state index is 12.4. The normalized spacial score (nSPS) is 11.7. The quantitative estimate of drug-likeness (QED) is 0.772. The molecular formula is C19H24N4O2. The van der Waals surface area contributed by atoms with E-state index in [9.17, 15) is 9.59 Å². The number of aryl methyl sites for hydroxylation is 1. The summed E-state index contributed by atoms with van der Waals surface area (Å²) in [4.78, 5) is 28.0. The molecule has 1 unspecified atom stereocenters. The highest BCUT2D eigenvalue weighted by molar-refractivity contribution is 5.92. The van der Waals surface area contributed by atoms with Crippen LogP contribution in [-0.2, 0) is 4.79 Å². The number of hydrogen-bond donors (Lipinski definition) is 3. The molecule has 3 amide bonds. The summed E-state index contributed by atoms with van der Waals surface area (Å²) in [7, 11) is 0. The minimum atomic E-state index is -0.316. The van der Waals surface area contributed by atoms with Gasteiger partial charge in [0, 0.05) is 24.5 Å². The summed E-state index contributed by atoms with van der Waals surface area (Å²) in [6.45, 7) is 7.50. The van der Waals surface area contributed by atoms with Crippen LogP contribution in [0.2, 0.25) is 0 Å². The summed E-state index contributed by atoms with van der Waals surface area (Å²) in [6, 6.07) is 10.3. The second-order valence-corrected chi connectivity index (χ2v) is 6.29. The van der Waals surface area contributed by atoms with Crippen molar-refractivity contribution in [2.24, 2.45) is 5.92 Å². The second kappa shape index (κ2) is 8.28. The molecule has 2 rings (SSSR count). The molecular weight excluding hydrogens is 316 g/mol. The number of pyridine rings is 1. The fourth-order valence-electron chi connectivity index (χ4n) is 2.56. The molecule has 1 aromatic heterocycles. The van der Waals surface area contributed by atoms with E-state index < -0.39 is 0 Å². The SMILES string of the molecule is CC(=O)Nc1cccc(NC(=O)NC(c2ncccc2C)C(C)C)c1. The molecule has 132 valence electrons. The van der Waals surface area contributed by atoms with Crippen molar-refractivity contribution >= 4 is 23.3 Å². The summed E-state index contributed by atoms with van der Waals surface area (Å²) in [5.74, 6) is 0.0252. The fraction of sp³-hybridized carbons (Fsp3) is 0.316. The van der Waals surface area contributed by atoms with Crippen LogP contribution in [0.4, 0.5) is 16.2 Å². The molecule has 0 saturated carbocycles. The van der Waals surface area contributed by atoms with Crippen LogP contribution in [0.1, 0.15) is 38.1 Å². The lowest BCUT2D eigenvalue weighted by atomic mass is 9.97. The van der Waals surface area contributed by atoms with Crippen LogP contribution in [0.15, 0.2) is 42.6 Å². The van der Waals surface area contributed by atoms with Crippen molar-refractivity contribution in [3.8, 4) is 0 Å². The highest BCUT2D eigenvalue weighted by atomic mass is 16.2. The van der Waals surface area contributed by atoms with E-state index in [4.69, 9.17) is 0 Å². The van der Waals surface area contributed by atoms with E-state index in [2.05, 4.69) is 20.9 Å². The first kappa shape index (κ1) is 18.4. The van der Waals surface area contributed by atoms with Crippen LogP contribution in [0.5, 0.6) is 0 Å². The zero-order valence-electron chi connectivity index (χ0n) is 15.0. The highest BCUT2D eigenvalue weighted by Crippen LogP contribution is 2.23. The van der Waals surface area contributed by atoms with Gasteiger partial charge in [0.1, 0.15) is 0 Å². The molecule has 1 aromatic carbocycles. The van der Waals surface area contributed by atoms with Crippen molar-refractivity contribution in [2.75, 3.05) is 10.6 Å². The van der Waals surface area contributed by atoms with Gasteiger partial charge in [-0.1, -0.05) is 26.0 Å². The molecule has 0 radical (unpaired) electrons. The number of aromatic nitrogens is 1. The van der Waals surface area contributed by atoms with E-state index in [-0.39, 0.29) is 23.9 Å². The van der Waals surface area contributed by atoms with Crippen LogP contribution >= 0.6 is 0 Å². The van der Waals surface area contributed by atoms with Crippen LogP contribution in [-0.4, -0.2) is 16.9 Å². The number of rotatable bonds is 5. The molecule has 0 fully saturated rings. The predicted octanol–water partition coefficient (Wildman–Crippen LogP) is 3.87. The van der Waals surface area contributed by atoms with Crippen molar-refractivity contribution < 1.29 is 9.59 Å². The molecule has 0 saturated heterocycles. The monoisotopic (exact) mass is 340 g/mol. The first-order chi connectivity index (χ1) is 11.9. The largest absolute Gasteiger partial charge is 0.329 e. The van der Waals surface area contributed by atoms with Crippen molar-refractivity contribution in [3.05, 3.63) is 53.9 Å². The van der Waals surface area contributed by atoms with Gasteiger partial charge in [0.05, 0.1) is 11.7 Å². The fourth-order valence-corrected chi connectivity index (χ4v) is 2.56. The Morgan fingerprint density at radius 2 is 1.72 bits per heavy atom. The Hall–Kier alpha value is -2.89. The number of urea groups is 1. The minimum Gasteiger partial charge on any atom is -0.329 e. The standard InChI is InChI=1S/C19H24N4O2/c1-12(2)17(18-13(3)7-6-10-20-18)23-19(25)22-16-9-5-8-15(11-16)21-14(4)24/h5-12,17H,1-4H3,(H,21,24)(H2,22,23,25). The Bertz CT molecular complexity index is 759. The van der Waals surface area contributed by atoms with Gasteiger partial charge in [-0.3, -0.25) is 9.78 Å². The van der Waals surface area contributed by atoms with Gasteiger partial charge in [-0.15, -0.1) is 0 Å². The number of nitrogens with one attached hydrogen (secondary N) is 3. The average Bonchev–Trinajstić information content (AvgIpc) is 2.53. The Morgan fingerprint density at radius 3 is 2.32 bits per heavy atom. The lowest BCUT2D eigenvalue weighted by molar-refractivity contribution is -0.114. The maximum Gasteiger partial charge on any atom is 0.319 e. The molecule has 0 aliphatic heterocycles. The van der Waals surface area contributed by atoms with Gasteiger partial charge in [-0.25, -0.2) is 4.79 Å². The minimum absolute atomic E-state index is 0.160. The van der Waals surface area contributed by atoms with Crippen molar-refractivity contribution in [1.29, 1.82) is 0 Å². The zero-order valence-corrected chi connectivity index (χ0v) is 15.0. The first-order valence-corrected chi connectivity index (χ1v) is 8.23. The molecule has 3 N–H and O–H groups in total. The molecule has 1 atom stereocenters.